The molecule has 1 N–H and O–H groups in total. The molecule has 1 saturated carbocycles. The Morgan fingerprint density at radius 3 is 2.58 bits per heavy atom. The van der Waals surface area contributed by atoms with Gasteiger partial charge in [0.05, 0.1) is 5.02 Å². The highest BCUT2D eigenvalue weighted by Crippen LogP contribution is 2.42. The lowest BCUT2D eigenvalue weighted by Crippen LogP contribution is -2.47. The molecule has 0 bridgehead atoms. The highest BCUT2D eigenvalue weighted by atomic mass is 79.9. The van der Waals surface area contributed by atoms with Crippen LogP contribution in [0.1, 0.15) is 30.9 Å². The third-order valence-electron chi connectivity index (χ3n) is 4.43. The smallest absolute Gasteiger partial charge is 0.0548 e. The minimum atomic E-state index is 0.574. The van der Waals surface area contributed by atoms with Gasteiger partial charge in [-0.1, -0.05) is 24.1 Å². The van der Waals surface area contributed by atoms with Gasteiger partial charge in [0.1, 0.15) is 0 Å². The summed E-state index contributed by atoms with van der Waals surface area (Å²) < 4.78 is 1.02. The van der Waals surface area contributed by atoms with E-state index in [0.29, 0.717) is 6.04 Å². The molecular weight excluding hydrogens is 324 g/mol. The zero-order chi connectivity index (χ0) is 13.2. The molecule has 1 heterocycles. The van der Waals surface area contributed by atoms with Crippen molar-refractivity contribution < 1.29 is 0 Å². The number of piperazine rings is 1. The molecule has 0 aromatic heterocycles. The van der Waals surface area contributed by atoms with Crippen LogP contribution in [-0.2, 0) is 0 Å². The summed E-state index contributed by atoms with van der Waals surface area (Å²) in [5.41, 5.74) is 1.42. The molecular formula is C15H20BrClN2. The Morgan fingerprint density at radius 1 is 1.26 bits per heavy atom. The van der Waals surface area contributed by atoms with Crippen molar-refractivity contribution in [3.05, 3.63) is 33.3 Å². The summed E-state index contributed by atoms with van der Waals surface area (Å²) in [5, 5.41) is 4.25. The molecule has 0 radical (unpaired) electrons. The number of nitrogens with zero attached hydrogens (tertiary/aromatic N) is 1. The molecule has 19 heavy (non-hydrogen) atoms. The van der Waals surface area contributed by atoms with Gasteiger partial charge in [-0.2, -0.15) is 0 Å². The minimum absolute atomic E-state index is 0.574. The van der Waals surface area contributed by atoms with Gasteiger partial charge in [0.2, 0.25) is 0 Å². The summed E-state index contributed by atoms with van der Waals surface area (Å²) in [7, 11) is 0. The van der Waals surface area contributed by atoms with E-state index in [-0.39, 0.29) is 0 Å². The van der Waals surface area contributed by atoms with E-state index >= 15 is 0 Å². The van der Waals surface area contributed by atoms with E-state index in [4.69, 9.17) is 11.6 Å². The molecule has 2 aliphatic rings. The van der Waals surface area contributed by atoms with Crippen molar-refractivity contribution in [3.8, 4) is 0 Å². The van der Waals surface area contributed by atoms with Crippen LogP contribution in [0.5, 0.6) is 0 Å². The molecule has 3 rings (SSSR count). The van der Waals surface area contributed by atoms with Crippen molar-refractivity contribution in [3.63, 3.8) is 0 Å². The fraction of sp³-hybridized carbons (Fsp3) is 0.600. The van der Waals surface area contributed by atoms with Crippen molar-refractivity contribution in [2.75, 3.05) is 26.2 Å². The first-order valence-electron chi connectivity index (χ1n) is 7.15. The van der Waals surface area contributed by atoms with Gasteiger partial charge in [0.25, 0.3) is 0 Å². The lowest BCUT2D eigenvalue weighted by Gasteiger charge is -2.43. The molecule has 104 valence electrons. The van der Waals surface area contributed by atoms with Gasteiger partial charge < -0.3 is 5.32 Å². The molecule has 1 saturated heterocycles. The zero-order valence-electron chi connectivity index (χ0n) is 11.0. The van der Waals surface area contributed by atoms with Crippen LogP contribution >= 0.6 is 27.5 Å². The number of nitrogens with one attached hydrogen (secondary N) is 1. The number of rotatable bonds is 3. The van der Waals surface area contributed by atoms with Crippen molar-refractivity contribution in [2.24, 2.45) is 5.92 Å². The van der Waals surface area contributed by atoms with Crippen LogP contribution in [0, 0.1) is 5.92 Å². The summed E-state index contributed by atoms with van der Waals surface area (Å²) in [4.78, 5) is 2.65. The van der Waals surface area contributed by atoms with E-state index < -0.39 is 0 Å². The van der Waals surface area contributed by atoms with Crippen LogP contribution in [-0.4, -0.2) is 31.1 Å². The van der Waals surface area contributed by atoms with Gasteiger partial charge >= 0.3 is 0 Å². The maximum atomic E-state index is 6.13. The molecule has 4 heteroatoms. The lowest BCUT2D eigenvalue weighted by molar-refractivity contribution is 0.0837. The summed E-state index contributed by atoms with van der Waals surface area (Å²) in [6.07, 6.45) is 4.13. The quantitative estimate of drug-likeness (QED) is 0.897. The van der Waals surface area contributed by atoms with Crippen LogP contribution in [0.4, 0.5) is 0 Å². The zero-order valence-corrected chi connectivity index (χ0v) is 13.4. The molecule has 0 spiro atoms. The van der Waals surface area contributed by atoms with Crippen LogP contribution in [0.25, 0.3) is 0 Å². The molecule has 0 unspecified atom stereocenters. The Labute approximate surface area is 128 Å². The van der Waals surface area contributed by atoms with Crippen molar-refractivity contribution in [1.29, 1.82) is 0 Å². The number of benzene rings is 1. The van der Waals surface area contributed by atoms with E-state index in [1.165, 1.54) is 24.8 Å². The third kappa shape index (κ3) is 2.99. The maximum absolute atomic E-state index is 6.13. The van der Waals surface area contributed by atoms with Crippen molar-refractivity contribution >= 4 is 27.5 Å². The second-order valence-electron chi connectivity index (χ2n) is 5.60. The molecule has 1 atom stereocenters. The van der Waals surface area contributed by atoms with Crippen molar-refractivity contribution in [2.45, 2.75) is 25.3 Å². The highest BCUT2D eigenvalue weighted by Gasteiger charge is 2.33. The molecule has 1 aliphatic carbocycles. The summed E-state index contributed by atoms with van der Waals surface area (Å²) >= 11 is 9.69. The monoisotopic (exact) mass is 342 g/mol. The highest BCUT2D eigenvalue weighted by molar-refractivity contribution is 9.10. The van der Waals surface area contributed by atoms with E-state index in [9.17, 15) is 0 Å². The number of hydrogen-bond donors (Lipinski definition) is 1. The standard InChI is InChI=1S/C15H20BrClN2/c16-13-10-12(4-5-14(13)17)15(11-2-1-3-11)19-8-6-18-7-9-19/h4-5,10-11,15,18H,1-3,6-9H2/t15-/m0/s1. The predicted octanol–water partition coefficient (Wildman–Crippen LogP) is 3.85. The molecule has 1 aromatic carbocycles. The second-order valence-corrected chi connectivity index (χ2v) is 6.86. The maximum Gasteiger partial charge on any atom is 0.0548 e. The lowest BCUT2D eigenvalue weighted by atomic mass is 9.76. The Kier molecular flexibility index (Phi) is 4.47. The summed E-state index contributed by atoms with van der Waals surface area (Å²) in [6, 6.07) is 7.02. The van der Waals surface area contributed by atoms with Crippen LogP contribution in [0.15, 0.2) is 22.7 Å². The summed E-state index contributed by atoms with van der Waals surface area (Å²) in [6.45, 7) is 4.53. The van der Waals surface area contributed by atoms with E-state index in [0.717, 1.165) is 41.6 Å². The van der Waals surface area contributed by atoms with Gasteiger partial charge in [-0.05, 0) is 52.4 Å². The molecule has 2 fully saturated rings. The third-order valence-corrected chi connectivity index (χ3v) is 5.64. The van der Waals surface area contributed by atoms with Crippen molar-refractivity contribution in [1.82, 2.24) is 10.2 Å². The SMILES string of the molecule is Clc1ccc([C@H](C2CCC2)N2CCNCC2)cc1Br. The van der Waals surface area contributed by atoms with Crippen LogP contribution in [0.3, 0.4) is 0 Å². The molecule has 1 aliphatic heterocycles. The average molecular weight is 344 g/mol. The minimum Gasteiger partial charge on any atom is -0.314 e. The average Bonchev–Trinajstić information content (AvgIpc) is 2.38. The van der Waals surface area contributed by atoms with Crippen LogP contribution in [0.2, 0.25) is 5.02 Å². The molecule has 0 amide bonds. The van der Waals surface area contributed by atoms with E-state index in [1.807, 2.05) is 6.07 Å². The Balaban J connectivity index is 1.86. The first-order chi connectivity index (χ1) is 9.25. The first-order valence-corrected chi connectivity index (χ1v) is 8.32. The predicted molar refractivity (Wildman–Crippen MR) is 83.7 cm³/mol. The number of hydrogen-bond acceptors (Lipinski definition) is 2. The Hall–Kier alpha value is -0.0900. The van der Waals surface area contributed by atoms with Gasteiger partial charge in [-0.25, -0.2) is 0 Å². The normalized spacial score (nSPS) is 23.1. The molecule has 2 nitrogen and oxygen atoms in total. The van der Waals surface area contributed by atoms with Gasteiger partial charge in [0.15, 0.2) is 0 Å². The van der Waals surface area contributed by atoms with E-state index in [1.54, 1.807) is 0 Å². The van der Waals surface area contributed by atoms with Gasteiger partial charge in [-0.15, -0.1) is 0 Å². The Morgan fingerprint density at radius 2 is 2.00 bits per heavy atom. The van der Waals surface area contributed by atoms with Gasteiger partial charge in [-0.3, -0.25) is 4.90 Å². The number of halogens is 2. The summed E-state index contributed by atoms with van der Waals surface area (Å²) in [5.74, 6) is 0.825. The Bertz CT molecular complexity index is 442. The molecule has 1 aromatic rings. The van der Waals surface area contributed by atoms with Crippen LogP contribution < -0.4 is 5.32 Å². The van der Waals surface area contributed by atoms with Gasteiger partial charge in [0, 0.05) is 36.7 Å². The second kappa shape index (κ2) is 6.13. The first kappa shape index (κ1) is 13.9. The topological polar surface area (TPSA) is 15.3 Å². The fourth-order valence-corrected chi connectivity index (χ4v) is 3.71. The fourth-order valence-electron chi connectivity index (χ4n) is 3.19. The van der Waals surface area contributed by atoms with E-state index in [2.05, 4.69) is 38.3 Å². The largest absolute Gasteiger partial charge is 0.314 e.